The largest absolute Gasteiger partial charge is 0.409 e. The molecule has 0 atom stereocenters. The molecule has 0 amide bonds. The molecule has 0 aromatic rings. The first-order valence-corrected chi connectivity index (χ1v) is 5.51. The van der Waals surface area contributed by atoms with Crippen molar-refractivity contribution in [1.82, 2.24) is 4.90 Å². The van der Waals surface area contributed by atoms with Crippen molar-refractivity contribution in [3.8, 4) is 0 Å². The van der Waals surface area contributed by atoms with Gasteiger partial charge in [0.2, 0.25) is 0 Å². The van der Waals surface area contributed by atoms with E-state index in [2.05, 4.69) is 17.0 Å². The molecule has 0 aromatic heterocycles. The van der Waals surface area contributed by atoms with Crippen molar-refractivity contribution in [3.63, 3.8) is 0 Å². The zero-order chi connectivity index (χ0) is 11.5. The van der Waals surface area contributed by atoms with Crippen molar-refractivity contribution in [3.05, 3.63) is 0 Å². The van der Waals surface area contributed by atoms with Crippen LogP contribution >= 0.6 is 0 Å². The van der Waals surface area contributed by atoms with Crippen LogP contribution in [0.2, 0.25) is 0 Å². The van der Waals surface area contributed by atoms with Crippen LogP contribution in [-0.4, -0.2) is 48.8 Å². The maximum absolute atomic E-state index is 8.43. The molecule has 0 aliphatic carbocycles. The van der Waals surface area contributed by atoms with Gasteiger partial charge in [-0.05, 0) is 13.0 Å². The Morgan fingerprint density at radius 1 is 1.40 bits per heavy atom. The molecule has 15 heavy (non-hydrogen) atoms. The average Bonchev–Trinajstić information content (AvgIpc) is 2.26. The maximum Gasteiger partial charge on any atom is 0.153 e. The molecule has 0 fully saturated rings. The topological polar surface area (TPSA) is 71.1 Å². The summed E-state index contributed by atoms with van der Waals surface area (Å²) in [6.07, 6.45) is 2.26. The number of unbranched alkanes of at least 4 members (excludes halogenated alkanes) is 1. The van der Waals surface area contributed by atoms with E-state index < -0.39 is 0 Å². The molecule has 0 aliphatic rings. The Morgan fingerprint density at radius 3 is 2.67 bits per heavy atom. The lowest BCUT2D eigenvalue weighted by Gasteiger charge is -2.19. The number of ether oxygens (including phenoxy) is 1. The zero-order valence-corrected chi connectivity index (χ0v) is 9.78. The number of amidine groups is 1. The molecule has 0 spiro atoms. The monoisotopic (exact) mass is 217 g/mol. The van der Waals surface area contributed by atoms with E-state index >= 15 is 0 Å². The molecule has 0 unspecified atom stereocenters. The molecule has 0 radical (unpaired) electrons. The Labute approximate surface area is 91.9 Å². The lowest BCUT2D eigenvalue weighted by Crippen LogP contribution is -2.36. The SMILES string of the molecule is CCCCOCCN(CC)CC(N)=NO. The summed E-state index contributed by atoms with van der Waals surface area (Å²) in [6, 6.07) is 0. The summed E-state index contributed by atoms with van der Waals surface area (Å²) in [4.78, 5) is 2.07. The van der Waals surface area contributed by atoms with Crippen LogP contribution in [0.5, 0.6) is 0 Å². The van der Waals surface area contributed by atoms with Gasteiger partial charge in [-0.25, -0.2) is 0 Å². The van der Waals surface area contributed by atoms with Gasteiger partial charge in [0.05, 0.1) is 13.2 Å². The molecule has 0 aromatic carbocycles. The molecule has 0 aliphatic heterocycles. The van der Waals surface area contributed by atoms with Crippen LogP contribution in [0.4, 0.5) is 0 Å². The molecule has 3 N–H and O–H groups in total. The zero-order valence-electron chi connectivity index (χ0n) is 9.78. The van der Waals surface area contributed by atoms with Gasteiger partial charge in [-0.15, -0.1) is 0 Å². The third kappa shape index (κ3) is 8.20. The lowest BCUT2D eigenvalue weighted by molar-refractivity contribution is 0.107. The van der Waals surface area contributed by atoms with Crippen LogP contribution in [0.3, 0.4) is 0 Å². The second-order valence-electron chi connectivity index (χ2n) is 3.43. The first kappa shape index (κ1) is 14.2. The van der Waals surface area contributed by atoms with Gasteiger partial charge in [0.15, 0.2) is 5.84 Å². The fraction of sp³-hybridized carbons (Fsp3) is 0.900. The second-order valence-corrected chi connectivity index (χ2v) is 3.43. The van der Waals surface area contributed by atoms with Gasteiger partial charge in [0.1, 0.15) is 0 Å². The van der Waals surface area contributed by atoms with E-state index in [4.69, 9.17) is 15.7 Å². The lowest BCUT2D eigenvalue weighted by atomic mass is 10.4. The highest BCUT2D eigenvalue weighted by Gasteiger charge is 2.04. The molecule has 0 heterocycles. The van der Waals surface area contributed by atoms with E-state index in [1.54, 1.807) is 0 Å². The molecule has 0 rings (SSSR count). The number of hydrogen-bond acceptors (Lipinski definition) is 4. The minimum absolute atomic E-state index is 0.241. The van der Waals surface area contributed by atoms with Crippen molar-refractivity contribution in [2.45, 2.75) is 26.7 Å². The number of hydrogen-bond donors (Lipinski definition) is 2. The highest BCUT2D eigenvalue weighted by Crippen LogP contribution is 1.91. The first-order valence-electron chi connectivity index (χ1n) is 5.51. The van der Waals surface area contributed by atoms with Gasteiger partial charge in [-0.2, -0.15) is 0 Å². The van der Waals surface area contributed by atoms with Gasteiger partial charge in [0, 0.05) is 13.2 Å². The van der Waals surface area contributed by atoms with Crippen molar-refractivity contribution in [1.29, 1.82) is 0 Å². The van der Waals surface area contributed by atoms with Gasteiger partial charge in [-0.1, -0.05) is 25.4 Å². The fourth-order valence-electron chi connectivity index (χ4n) is 1.15. The Balaban J connectivity index is 3.53. The van der Waals surface area contributed by atoms with Crippen LogP contribution in [0.15, 0.2) is 5.16 Å². The Bertz CT molecular complexity index is 174. The van der Waals surface area contributed by atoms with Gasteiger partial charge < -0.3 is 15.7 Å². The summed E-state index contributed by atoms with van der Waals surface area (Å²) in [7, 11) is 0. The van der Waals surface area contributed by atoms with E-state index in [1.807, 2.05) is 6.92 Å². The van der Waals surface area contributed by atoms with Gasteiger partial charge in [0.25, 0.3) is 0 Å². The quantitative estimate of drug-likeness (QED) is 0.198. The molecule has 0 bridgehead atoms. The number of nitrogens with two attached hydrogens (primary N) is 1. The predicted octanol–water partition coefficient (Wildman–Crippen LogP) is 0.871. The molecule has 90 valence electrons. The summed E-state index contributed by atoms with van der Waals surface area (Å²) >= 11 is 0. The van der Waals surface area contributed by atoms with Gasteiger partial charge in [-0.3, -0.25) is 4.90 Å². The smallest absolute Gasteiger partial charge is 0.153 e. The van der Waals surface area contributed by atoms with E-state index in [-0.39, 0.29) is 5.84 Å². The van der Waals surface area contributed by atoms with Gasteiger partial charge >= 0.3 is 0 Å². The average molecular weight is 217 g/mol. The fourth-order valence-corrected chi connectivity index (χ4v) is 1.15. The summed E-state index contributed by atoms with van der Waals surface area (Å²) in [5.74, 6) is 0.241. The molecule has 5 heteroatoms. The Morgan fingerprint density at radius 2 is 2.13 bits per heavy atom. The Hall–Kier alpha value is -0.810. The first-order chi connectivity index (χ1) is 7.24. The molecule has 5 nitrogen and oxygen atoms in total. The van der Waals surface area contributed by atoms with E-state index in [0.717, 1.165) is 32.5 Å². The predicted molar refractivity (Wildman–Crippen MR) is 61.2 cm³/mol. The third-order valence-electron chi connectivity index (χ3n) is 2.16. The summed E-state index contributed by atoms with van der Waals surface area (Å²) in [5.41, 5.74) is 5.42. The highest BCUT2D eigenvalue weighted by molar-refractivity contribution is 5.81. The summed E-state index contributed by atoms with van der Waals surface area (Å²) in [6.45, 7) is 7.87. The van der Waals surface area contributed by atoms with Crippen molar-refractivity contribution >= 4 is 5.84 Å². The van der Waals surface area contributed by atoms with Crippen LogP contribution in [-0.2, 0) is 4.74 Å². The standard InChI is InChI=1S/C10H23N3O2/c1-3-5-7-15-8-6-13(4-2)9-10(11)12-14/h14H,3-9H2,1-2H3,(H2,11,12). The van der Waals surface area contributed by atoms with E-state index in [9.17, 15) is 0 Å². The minimum Gasteiger partial charge on any atom is -0.409 e. The van der Waals surface area contributed by atoms with E-state index in [1.165, 1.54) is 0 Å². The third-order valence-corrected chi connectivity index (χ3v) is 2.16. The summed E-state index contributed by atoms with van der Waals surface area (Å²) in [5, 5.41) is 11.4. The normalized spacial score (nSPS) is 12.3. The molecule has 0 saturated heterocycles. The molecular weight excluding hydrogens is 194 g/mol. The van der Waals surface area contributed by atoms with Crippen LogP contribution in [0.25, 0.3) is 0 Å². The molecule has 0 saturated carbocycles. The maximum atomic E-state index is 8.43. The van der Waals surface area contributed by atoms with Crippen LogP contribution in [0, 0.1) is 0 Å². The molecular formula is C10H23N3O2. The number of rotatable bonds is 9. The van der Waals surface area contributed by atoms with Crippen molar-refractivity contribution in [2.75, 3.05) is 32.8 Å². The van der Waals surface area contributed by atoms with Crippen LogP contribution in [0.1, 0.15) is 26.7 Å². The van der Waals surface area contributed by atoms with Crippen LogP contribution < -0.4 is 5.73 Å². The van der Waals surface area contributed by atoms with Crippen molar-refractivity contribution in [2.24, 2.45) is 10.9 Å². The Kier molecular flexibility index (Phi) is 9.21. The van der Waals surface area contributed by atoms with Crippen molar-refractivity contribution < 1.29 is 9.94 Å². The van der Waals surface area contributed by atoms with E-state index in [0.29, 0.717) is 13.2 Å². The number of oxime groups is 1. The highest BCUT2D eigenvalue weighted by atomic mass is 16.5. The second kappa shape index (κ2) is 9.73. The number of likely N-dealkylation sites (N-methyl/N-ethyl adjacent to an activating group) is 1. The summed E-state index contributed by atoms with van der Waals surface area (Å²) < 4.78 is 5.44. The number of nitrogens with zero attached hydrogens (tertiary/aromatic N) is 2. The minimum atomic E-state index is 0.241.